The Labute approximate surface area is 164 Å². The van der Waals surface area contributed by atoms with Crippen LogP contribution in [0.1, 0.15) is 11.1 Å². The number of nitrogens with one attached hydrogen (secondary N) is 2. The molecular formula is C18H17F3N2O5S. The number of ether oxygens (including phenoxy) is 1. The molecule has 0 aliphatic carbocycles. The Hall–Kier alpha value is -2.92. The SMILES string of the molecule is Cc1ccc(S(=O)(=O)NCC(=O)OCC(=O)Nc2ccccc2C(F)(F)F)cc1. The largest absolute Gasteiger partial charge is 0.455 e. The quantitative estimate of drug-likeness (QED) is 0.658. The fraction of sp³-hybridized carbons (Fsp3) is 0.222. The van der Waals surface area contributed by atoms with E-state index in [0.29, 0.717) is 0 Å². The van der Waals surface area contributed by atoms with Crippen LogP contribution in [0.2, 0.25) is 0 Å². The van der Waals surface area contributed by atoms with E-state index >= 15 is 0 Å². The van der Waals surface area contributed by atoms with Gasteiger partial charge in [-0.2, -0.15) is 17.9 Å². The van der Waals surface area contributed by atoms with E-state index < -0.39 is 52.5 Å². The van der Waals surface area contributed by atoms with Crippen molar-refractivity contribution in [3.05, 3.63) is 59.7 Å². The third kappa shape index (κ3) is 6.57. The zero-order valence-corrected chi connectivity index (χ0v) is 15.9. The van der Waals surface area contributed by atoms with Crippen molar-refractivity contribution in [2.45, 2.75) is 18.0 Å². The Morgan fingerprint density at radius 2 is 1.66 bits per heavy atom. The first-order chi connectivity index (χ1) is 13.5. The summed E-state index contributed by atoms with van der Waals surface area (Å²) in [6.07, 6.45) is -4.67. The maximum Gasteiger partial charge on any atom is 0.418 e. The molecule has 1 amide bonds. The highest BCUT2D eigenvalue weighted by atomic mass is 32.2. The van der Waals surface area contributed by atoms with Gasteiger partial charge in [0, 0.05) is 0 Å². The minimum atomic E-state index is -4.67. The van der Waals surface area contributed by atoms with Gasteiger partial charge in [0.2, 0.25) is 10.0 Å². The lowest BCUT2D eigenvalue weighted by Gasteiger charge is -2.13. The van der Waals surface area contributed by atoms with Crippen LogP contribution < -0.4 is 10.0 Å². The maximum absolute atomic E-state index is 12.9. The molecule has 2 aromatic rings. The van der Waals surface area contributed by atoms with E-state index in [-0.39, 0.29) is 4.90 Å². The lowest BCUT2D eigenvalue weighted by Crippen LogP contribution is -2.32. The summed E-state index contributed by atoms with van der Waals surface area (Å²) in [6.45, 7) is 0.152. The van der Waals surface area contributed by atoms with Crippen LogP contribution in [0.15, 0.2) is 53.4 Å². The van der Waals surface area contributed by atoms with Gasteiger partial charge < -0.3 is 10.1 Å². The van der Waals surface area contributed by atoms with E-state index in [1.165, 1.54) is 24.3 Å². The van der Waals surface area contributed by atoms with Crippen LogP contribution in [0.3, 0.4) is 0 Å². The number of para-hydroxylation sites is 1. The molecular weight excluding hydrogens is 413 g/mol. The third-order valence-electron chi connectivity index (χ3n) is 3.61. The average Bonchev–Trinajstić information content (AvgIpc) is 2.65. The summed E-state index contributed by atoms with van der Waals surface area (Å²) >= 11 is 0. The number of hydrogen-bond donors (Lipinski definition) is 2. The highest BCUT2D eigenvalue weighted by Gasteiger charge is 2.33. The van der Waals surface area contributed by atoms with E-state index in [4.69, 9.17) is 0 Å². The lowest BCUT2D eigenvalue weighted by atomic mass is 10.1. The molecule has 2 rings (SSSR count). The monoisotopic (exact) mass is 430 g/mol. The van der Waals surface area contributed by atoms with Crippen molar-refractivity contribution in [2.24, 2.45) is 0 Å². The topological polar surface area (TPSA) is 102 Å². The number of esters is 1. The number of aryl methyl sites for hydroxylation is 1. The first-order valence-corrected chi connectivity index (χ1v) is 9.65. The summed E-state index contributed by atoms with van der Waals surface area (Å²) in [7, 11) is -3.96. The normalized spacial score (nSPS) is 11.7. The van der Waals surface area contributed by atoms with E-state index in [0.717, 1.165) is 17.7 Å². The van der Waals surface area contributed by atoms with Gasteiger partial charge in [-0.25, -0.2) is 8.42 Å². The molecule has 0 atom stereocenters. The Kier molecular flexibility index (Phi) is 6.98. The molecule has 2 aromatic carbocycles. The van der Waals surface area contributed by atoms with Gasteiger partial charge in [0.1, 0.15) is 6.54 Å². The van der Waals surface area contributed by atoms with Crippen molar-refractivity contribution in [1.82, 2.24) is 4.72 Å². The van der Waals surface area contributed by atoms with E-state index in [1.54, 1.807) is 19.1 Å². The molecule has 0 aliphatic rings. The van der Waals surface area contributed by atoms with Gasteiger partial charge in [-0.05, 0) is 31.2 Å². The summed E-state index contributed by atoms with van der Waals surface area (Å²) in [6, 6.07) is 10.2. The number of benzene rings is 2. The molecule has 0 unspecified atom stereocenters. The smallest absolute Gasteiger partial charge is 0.418 e. The molecule has 0 radical (unpaired) electrons. The summed E-state index contributed by atoms with van der Waals surface area (Å²) < 4.78 is 69.4. The maximum atomic E-state index is 12.9. The Balaban J connectivity index is 1.87. The number of rotatable bonds is 7. The lowest BCUT2D eigenvalue weighted by molar-refractivity contribution is -0.146. The van der Waals surface area contributed by atoms with E-state index in [9.17, 15) is 31.2 Å². The van der Waals surface area contributed by atoms with Crippen molar-refractivity contribution in [3.63, 3.8) is 0 Å². The summed E-state index contributed by atoms with van der Waals surface area (Å²) in [5.74, 6) is -2.07. The second-order valence-electron chi connectivity index (χ2n) is 5.89. The first-order valence-electron chi connectivity index (χ1n) is 8.17. The fourth-order valence-corrected chi connectivity index (χ4v) is 3.15. The van der Waals surface area contributed by atoms with Crippen LogP contribution >= 0.6 is 0 Å². The number of halogens is 3. The van der Waals surface area contributed by atoms with Crippen LogP contribution in [0.4, 0.5) is 18.9 Å². The van der Waals surface area contributed by atoms with Crippen molar-refractivity contribution in [2.75, 3.05) is 18.5 Å². The van der Waals surface area contributed by atoms with Crippen LogP contribution in [0, 0.1) is 6.92 Å². The minimum absolute atomic E-state index is 0.0580. The highest BCUT2D eigenvalue weighted by molar-refractivity contribution is 7.89. The standard InChI is InChI=1S/C18H17F3N2O5S/c1-12-6-8-13(9-7-12)29(26,27)22-10-17(25)28-11-16(24)23-15-5-3-2-4-14(15)18(19,20)21/h2-9,22H,10-11H2,1H3,(H,23,24). The van der Waals surface area contributed by atoms with Gasteiger partial charge in [-0.15, -0.1) is 0 Å². The van der Waals surface area contributed by atoms with E-state index in [1.807, 2.05) is 10.0 Å². The van der Waals surface area contributed by atoms with Crippen molar-refractivity contribution >= 4 is 27.6 Å². The molecule has 0 saturated heterocycles. The number of amides is 1. The van der Waals surface area contributed by atoms with Crippen LogP contribution in [0.25, 0.3) is 0 Å². The number of alkyl halides is 3. The molecule has 0 fully saturated rings. The van der Waals surface area contributed by atoms with Gasteiger partial charge in [0.05, 0.1) is 16.1 Å². The second-order valence-corrected chi connectivity index (χ2v) is 7.66. The number of hydrogen-bond acceptors (Lipinski definition) is 5. The molecule has 29 heavy (non-hydrogen) atoms. The Morgan fingerprint density at radius 1 is 1.03 bits per heavy atom. The molecule has 0 aromatic heterocycles. The van der Waals surface area contributed by atoms with Gasteiger partial charge in [-0.1, -0.05) is 29.8 Å². The fourth-order valence-electron chi connectivity index (χ4n) is 2.18. The zero-order valence-electron chi connectivity index (χ0n) is 15.1. The van der Waals surface area contributed by atoms with Crippen LogP contribution in [-0.2, 0) is 30.5 Å². The molecule has 2 N–H and O–H groups in total. The van der Waals surface area contributed by atoms with E-state index in [2.05, 4.69) is 4.74 Å². The molecule has 0 spiro atoms. The molecule has 0 bridgehead atoms. The molecule has 156 valence electrons. The predicted octanol–water partition coefficient (Wildman–Crippen LogP) is 2.47. The summed E-state index contributed by atoms with van der Waals surface area (Å²) in [4.78, 5) is 23.3. The molecule has 11 heteroatoms. The van der Waals surface area contributed by atoms with Crippen LogP contribution in [0.5, 0.6) is 0 Å². The average molecular weight is 430 g/mol. The Bertz CT molecular complexity index is 989. The number of carbonyl (C=O) groups is 2. The highest BCUT2D eigenvalue weighted by Crippen LogP contribution is 2.34. The van der Waals surface area contributed by atoms with Crippen molar-refractivity contribution in [1.29, 1.82) is 0 Å². The summed E-state index contributed by atoms with van der Waals surface area (Å²) in [5.41, 5.74) is -0.687. The molecule has 7 nitrogen and oxygen atoms in total. The second kappa shape index (κ2) is 9.05. The molecule has 0 heterocycles. The van der Waals surface area contributed by atoms with Gasteiger partial charge in [0.15, 0.2) is 6.61 Å². The predicted molar refractivity (Wildman–Crippen MR) is 97.4 cm³/mol. The third-order valence-corrected chi connectivity index (χ3v) is 5.03. The van der Waals surface area contributed by atoms with Crippen LogP contribution in [-0.4, -0.2) is 33.4 Å². The number of sulfonamides is 1. The van der Waals surface area contributed by atoms with Crippen molar-refractivity contribution < 1.29 is 35.9 Å². The zero-order chi connectivity index (χ0) is 21.7. The molecule has 0 aliphatic heterocycles. The Morgan fingerprint density at radius 3 is 2.28 bits per heavy atom. The minimum Gasteiger partial charge on any atom is -0.455 e. The molecule has 0 saturated carbocycles. The summed E-state index contributed by atoms with van der Waals surface area (Å²) in [5, 5.41) is 2.00. The van der Waals surface area contributed by atoms with Gasteiger partial charge >= 0.3 is 12.1 Å². The van der Waals surface area contributed by atoms with Gasteiger partial charge in [0.25, 0.3) is 5.91 Å². The van der Waals surface area contributed by atoms with Crippen molar-refractivity contribution in [3.8, 4) is 0 Å². The van der Waals surface area contributed by atoms with Gasteiger partial charge in [-0.3, -0.25) is 9.59 Å². The number of anilines is 1. The number of carbonyl (C=O) groups excluding carboxylic acids is 2. The first kappa shape index (κ1) is 22.4.